The number of aromatic nitrogens is 2. The summed E-state index contributed by atoms with van der Waals surface area (Å²) in [5.74, 6) is -2.19. The minimum Gasteiger partial charge on any atom is -0.479 e. The number of ether oxygens (including phenoxy) is 4. The maximum absolute atomic E-state index is 13.5. The molecular weight excluding hydrogens is 658 g/mol. The van der Waals surface area contributed by atoms with Gasteiger partial charge in [-0.05, 0) is 48.4 Å². The third kappa shape index (κ3) is 5.52. The first kappa shape index (κ1) is 33.1. The van der Waals surface area contributed by atoms with Gasteiger partial charge in [-0.3, -0.25) is 10.1 Å². The first-order valence-electron chi connectivity index (χ1n) is 15.6. The Labute approximate surface area is 282 Å². The topological polar surface area (TPSA) is 236 Å². The molecule has 0 radical (unpaired) electrons. The van der Waals surface area contributed by atoms with Crippen molar-refractivity contribution in [1.29, 1.82) is 0 Å². The largest absolute Gasteiger partial charge is 0.479 e. The van der Waals surface area contributed by atoms with E-state index in [1.807, 2.05) is 6.07 Å². The van der Waals surface area contributed by atoms with Crippen LogP contribution in [0.2, 0.25) is 0 Å². The van der Waals surface area contributed by atoms with Crippen molar-refractivity contribution in [3.63, 3.8) is 0 Å². The van der Waals surface area contributed by atoms with Crippen LogP contribution in [-0.4, -0.2) is 83.8 Å². The Morgan fingerprint density at radius 3 is 2.54 bits per heavy atom. The molecule has 50 heavy (non-hydrogen) atoms. The van der Waals surface area contributed by atoms with Gasteiger partial charge in [0.15, 0.2) is 11.7 Å². The van der Waals surface area contributed by atoms with Gasteiger partial charge in [-0.1, -0.05) is 25.1 Å². The number of carboxylic acids is 1. The number of pyridine rings is 2. The summed E-state index contributed by atoms with van der Waals surface area (Å²) >= 11 is 0. The number of esters is 1. The van der Waals surface area contributed by atoms with E-state index >= 15 is 0 Å². The van der Waals surface area contributed by atoms with Crippen molar-refractivity contribution in [2.24, 2.45) is 0 Å². The van der Waals surface area contributed by atoms with E-state index in [4.69, 9.17) is 23.9 Å². The van der Waals surface area contributed by atoms with Crippen LogP contribution in [0.1, 0.15) is 35.6 Å². The number of nitrogens with zero attached hydrogens (tertiary/aromatic N) is 2. The molecule has 0 bridgehead atoms. The zero-order valence-electron chi connectivity index (χ0n) is 26.3. The van der Waals surface area contributed by atoms with Gasteiger partial charge >= 0.3 is 18.0 Å². The average molecular weight is 690 g/mol. The fraction of sp³-hybridized carbons (Fsp3) is 0.324. The molecule has 3 aliphatic rings. The lowest BCUT2D eigenvalue weighted by Gasteiger charge is -2.38. The number of amides is 1. The maximum Gasteiger partial charge on any atom is 0.411 e. The van der Waals surface area contributed by atoms with Gasteiger partial charge in [0.25, 0.3) is 5.56 Å². The number of anilines is 1. The van der Waals surface area contributed by atoms with E-state index in [-0.39, 0.29) is 48.6 Å². The monoisotopic (exact) mass is 689 g/mol. The number of fused-ring (bicyclic) bond motifs is 5. The van der Waals surface area contributed by atoms with E-state index in [2.05, 4.69) is 5.32 Å². The van der Waals surface area contributed by atoms with E-state index in [0.717, 1.165) is 0 Å². The number of carboxylic acid groups (broad SMARTS) is 1. The lowest BCUT2D eigenvalue weighted by atomic mass is 9.86. The Morgan fingerprint density at radius 2 is 1.82 bits per heavy atom. The Morgan fingerprint density at radius 1 is 1.06 bits per heavy atom. The summed E-state index contributed by atoms with van der Waals surface area (Å²) in [5.41, 5.74) is 1.27. The Balaban J connectivity index is 1.04. The molecule has 4 aromatic rings. The quantitative estimate of drug-likeness (QED) is 0.131. The van der Waals surface area contributed by atoms with Crippen LogP contribution < -0.4 is 15.6 Å². The molecule has 0 spiro atoms. The number of carbonyl (C=O) groups excluding carboxylic acids is 2. The lowest BCUT2D eigenvalue weighted by molar-refractivity contribution is -0.271. The molecule has 7 rings (SSSR count). The third-order valence-electron chi connectivity index (χ3n) is 9.15. The van der Waals surface area contributed by atoms with Gasteiger partial charge in [0.05, 0.1) is 34.7 Å². The molecule has 0 saturated carbocycles. The molecule has 260 valence electrons. The highest BCUT2D eigenvalue weighted by atomic mass is 16.7. The second kappa shape index (κ2) is 12.5. The van der Waals surface area contributed by atoms with Crippen LogP contribution >= 0.6 is 0 Å². The number of aliphatic hydroxyl groups excluding tert-OH is 3. The number of cyclic esters (lactones) is 1. The smallest absolute Gasteiger partial charge is 0.411 e. The molecule has 5 heterocycles. The number of hydrogen-bond donors (Lipinski definition) is 6. The summed E-state index contributed by atoms with van der Waals surface area (Å²) in [6, 6.07) is 14.6. The molecule has 16 nitrogen and oxygen atoms in total. The molecule has 1 saturated heterocycles. The van der Waals surface area contributed by atoms with E-state index in [0.29, 0.717) is 39.1 Å². The van der Waals surface area contributed by atoms with Crippen LogP contribution in [0.4, 0.5) is 10.5 Å². The van der Waals surface area contributed by atoms with E-state index in [1.165, 1.54) is 16.7 Å². The molecule has 0 aliphatic carbocycles. The SMILES string of the molecule is CC[C@@]1(O)C(=O)OCc2c1cc1n(c2=O)Cc2cc3c(NC(=O)OCc4ccc(O[C@@H]5O[C@H](C(=O)O)[C@@H](O)[C@H](O)[C@H]5O)cc4)cccc3nc2-1. The molecular formula is C34H31N3O13. The van der Waals surface area contributed by atoms with Crippen molar-refractivity contribution in [3.05, 3.63) is 87.2 Å². The number of carbonyl (C=O) groups is 3. The molecule has 3 aliphatic heterocycles. The van der Waals surface area contributed by atoms with Gasteiger partial charge in [0.1, 0.15) is 37.3 Å². The van der Waals surface area contributed by atoms with Crippen LogP contribution in [0, 0.1) is 0 Å². The van der Waals surface area contributed by atoms with Crippen molar-refractivity contribution in [2.75, 3.05) is 5.32 Å². The summed E-state index contributed by atoms with van der Waals surface area (Å²) in [5, 5.41) is 53.6. The Kier molecular flexibility index (Phi) is 8.28. The van der Waals surface area contributed by atoms with E-state index in [9.17, 15) is 44.7 Å². The molecule has 0 unspecified atom stereocenters. The molecule has 16 heteroatoms. The molecule has 1 fully saturated rings. The third-order valence-corrected chi connectivity index (χ3v) is 9.15. The number of hydrogen-bond acceptors (Lipinski definition) is 13. The van der Waals surface area contributed by atoms with Gasteiger partial charge in [-0.25, -0.2) is 19.4 Å². The maximum atomic E-state index is 13.5. The highest BCUT2D eigenvalue weighted by Gasteiger charge is 2.48. The van der Waals surface area contributed by atoms with Gasteiger partial charge < -0.3 is 49.0 Å². The van der Waals surface area contributed by atoms with Crippen molar-refractivity contribution < 1.29 is 58.9 Å². The normalized spacial score (nSPS) is 25.2. The van der Waals surface area contributed by atoms with Gasteiger partial charge in [-0.2, -0.15) is 0 Å². The predicted octanol–water partition coefficient (Wildman–Crippen LogP) is 1.10. The van der Waals surface area contributed by atoms with Crippen molar-refractivity contribution >= 4 is 34.6 Å². The number of nitrogens with one attached hydrogen (secondary N) is 1. The average Bonchev–Trinajstić information content (AvgIpc) is 3.47. The first-order chi connectivity index (χ1) is 23.9. The predicted molar refractivity (Wildman–Crippen MR) is 170 cm³/mol. The standard InChI is InChI=1S/C34H31N3O13/c1-2-34(46)20-11-23-24-16(12-37(23)29(41)19(20)14-47-32(34)44)10-18-21(35-24)4-3-5-22(18)36-33(45)48-13-15-6-8-17(9-7-15)49-31-27(40)25(38)26(39)28(50-31)30(42)43/h3-11,25-28,31,38-40,46H,2,12-14H2,1H3,(H,36,45)(H,42,43)/t25-,26-,27+,28-,31+,34-/m0/s1. The highest BCUT2D eigenvalue weighted by molar-refractivity contribution is 6.00. The molecule has 2 aromatic heterocycles. The minimum atomic E-state index is -1.94. The summed E-state index contributed by atoms with van der Waals surface area (Å²) < 4.78 is 22.7. The van der Waals surface area contributed by atoms with Crippen molar-refractivity contribution in [3.8, 4) is 17.1 Å². The number of aliphatic hydroxyl groups is 4. The number of rotatable bonds is 7. The van der Waals surface area contributed by atoms with Gasteiger partial charge in [0, 0.05) is 16.5 Å². The first-order valence-corrected chi connectivity index (χ1v) is 15.6. The second-order valence-electron chi connectivity index (χ2n) is 12.2. The summed E-state index contributed by atoms with van der Waals surface area (Å²) in [4.78, 5) is 54.8. The zero-order valence-corrected chi connectivity index (χ0v) is 26.3. The van der Waals surface area contributed by atoms with Gasteiger partial charge in [-0.15, -0.1) is 0 Å². The van der Waals surface area contributed by atoms with Crippen molar-refractivity contribution in [2.45, 2.75) is 69.4 Å². The van der Waals surface area contributed by atoms with Crippen LogP contribution in [-0.2, 0) is 49.2 Å². The minimum absolute atomic E-state index is 0.0280. The second-order valence-corrected chi connectivity index (χ2v) is 12.2. The highest BCUT2D eigenvalue weighted by Crippen LogP contribution is 2.39. The molecule has 6 atom stereocenters. The van der Waals surface area contributed by atoms with Crippen LogP contribution in [0.5, 0.6) is 5.75 Å². The number of aliphatic carboxylic acids is 1. The summed E-state index contributed by atoms with van der Waals surface area (Å²) in [6.45, 7) is 1.44. The Hall–Kier alpha value is -5.39. The van der Waals surface area contributed by atoms with Gasteiger partial charge in [0.2, 0.25) is 6.29 Å². The lowest BCUT2D eigenvalue weighted by Crippen LogP contribution is -2.61. The molecule has 6 N–H and O–H groups in total. The fourth-order valence-electron chi connectivity index (χ4n) is 6.35. The fourth-order valence-corrected chi connectivity index (χ4v) is 6.35. The summed E-state index contributed by atoms with van der Waals surface area (Å²) in [7, 11) is 0. The van der Waals surface area contributed by atoms with E-state index in [1.54, 1.807) is 43.3 Å². The summed E-state index contributed by atoms with van der Waals surface area (Å²) in [6.07, 6.45) is -9.48. The van der Waals surface area contributed by atoms with Crippen LogP contribution in [0.3, 0.4) is 0 Å². The Bertz CT molecular complexity index is 2100. The van der Waals surface area contributed by atoms with Crippen LogP contribution in [0.25, 0.3) is 22.3 Å². The van der Waals surface area contributed by atoms with Crippen LogP contribution in [0.15, 0.2) is 59.4 Å². The van der Waals surface area contributed by atoms with Crippen molar-refractivity contribution in [1.82, 2.24) is 9.55 Å². The molecule has 2 aromatic carbocycles. The number of benzene rings is 2. The van der Waals surface area contributed by atoms with E-state index < -0.39 is 54.3 Å². The zero-order chi connectivity index (χ0) is 35.5. The molecule has 1 amide bonds.